The molecule has 0 amide bonds. The van der Waals surface area contributed by atoms with Gasteiger partial charge >= 0.3 is 0 Å². The van der Waals surface area contributed by atoms with Crippen molar-refractivity contribution in [1.29, 1.82) is 0 Å². The third kappa shape index (κ3) is 2.06. The summed E-state index contributed by atoms with van der Waals surface area (Å²) in [7, 11) is -1.83. The maximum absolute atomic E-state index is 12.9. The summed E-state index contributed by atoms with van der Waals surface area (Å²) in [6.45, 7) is 2.36. The number of ether oxygens (including phenoxy) is 2. The van der Waals surface area contributed by atoms with Crippen molar-refractivity contribution in [2.45, 2.75) is 42.6 Å². The molecule has 0 bridgehead atoms. The van der Waals surface area contributed by atoms with E-state index in [0.717, 1.165) is 11.1 Å². The van der Waals surface area contributed by atoms with E-state index in [9.17, 15) is 8.42 Å². The average molecular weight is 321 g/mol. The summed E-state index contributed by atoms with van der Waals surface area (Å²) >= 11 is 0. The SMILES string of the molecule is CO[C@@H]1C[C@@H]2C(=CCN2S(=O)(=O)c2ccc(C)cc2)[C@@H]2O[C@H]12. The number of sulfonamides is 1. The highest BCUT2D eigenvalue weighted by molar-refractivity contribution is 7.89. The van der Waals surface area contributed by atoms with Gasteiger partial charge in [0.15, 0.2) is 0 Å². The van der Waals surface area contributed by atoms with E-state index in [-0.39, 0.29) is 24.4 Å². The van der Waals surface area contributed by atoms with Crippen molar-refractivity contribution in [2.24, 2.45) is 0 Å². The van der Waals surface area contributed by atoms with Gasteiger partial charge in [-0.25, -0.2) is 8.42 Å². The van der Waals surface area contributed by atoms with Crippen LogP contribution in [0.15, 0.2) is 40.8 Å². The van der Waals surface area contributed by atoms with E-state index in [4.69, 9.17) is 9.47 Å². The predicted molar refractivity (Wildman–Crippen MR) is 81.0 cm³/mol. The fraction of sp³-hybridized carbons (Fsp3) is 0.500. The van der Waals surface area contributed by atoms with Crippen LogP contribution >= 0.6 is 0 Å². The molecular weight excluding hydrogens is 302 g/mol. The van der Waals surface area contributed by atoms with Crippen LogP contribution < -0.4 is 0 Å². The molecule has 0 unspecified atom stereocenters. The first-order valence-electron chi connectivity index (χ1n) is 7.49. The van der Waals surface area contributed by atoms with Gasteiger partial charge in [-0.05, 0) is 31.1 Å². The molecule has 0 radical (unpaired) electrons. The van der Waals surface area contributed by atoms with Crippen LogP contribution in [0.5, 0.6) is 0 Å². The van der Waals surface area contributed by atoms with Crippen molar-refractivity contribution in [3.05, 3.63) is 41.5 Å². The zero-order chi connectivity index (χ0) is 15.5. The van der Waals surface area contributed by atoms with E-state index in [1.165, 1.54) is 0 Å². The fourth-order valence-electron chi connectivity index (χ4n) is 3.55. The normalized spacial score (nSPS) is 34.0. The molecule has 1 saturated carbocycles. The third-order valence-electron chi connectivity index (χ3n) is 4.85. The Kier molecular flexibility index (Phi) is 3.20. The van der Waals surface area contributed by atoms with Crippen LogP contribution in [-0.2, 0) is 19.5 Å². The Morgan fingerprint density at radius 2 is 2.00 bits per heavy atom. The molecule has 4 rings (SSSR count). The molecule has 5 nitrogen and oxygen atoms in total. The summed E-state index contributed by atoms with van der Waals surface area (Å²) in [4.78, 5) is 0.348. The van der Waals surface area contributed by atoms with Gasteiger partial charge in [-0.15, -0.1) is 0 Å². The minimum atomic E-state index is -3.49. The molecular formula is C16H19NO4S. The number of benzene rings is 1. The predicted octanol–water partition coefficient (Wildman–Crippen LogP) is 1.48. The zero-order valence-electron chi connectivity index (χ0n) is 12.6. The highest BCUT2D eigenvalue weighted by atomic mass is 32.2. The molecule has 0 N–H and O–H groups in total. The molecule has 2 fully saturated rings. The van der Waals surface area contributed by atoms with Gasteiger partial charge in [-0.1, -0.05) is 23.8 Å². The van der Waals surface area contributed by atoms with Gasteiger partial charge in [-0.2, -0.15) is 4.31 Å². The van der Waals surface area contributed by atoms with Gasteiger partial charge in [0.1, 0.15) is 12.2 Å². The molecule has 2 aliphatic heterocycles. The van der Waals surface area contributed by atoms with E-state index in [0.29, 0.717) is 17.9 Å². The topological polar surface area (TPSA) is 59.1 Å². The lowest BCUT2D eigenvalue weighted by Gasteiger charge is -2.31. The molecule has 1 aliphatic carbocycles. The quantitative estimate of drug-likeness (QED) is 0.625. The summed E-state index contributed by atoms with van der Waals surface area (Å²) in [6.07, 6.45) is 2.79. The second-order valence-electron chi connectivity index (χ2n) is 6.14. The van der Waals surface area contributed by atoms with Gasteiger partial charge in [0.2, 0.25) is 10.0 Å². The van der Waals surface area contributed by atoms with Crippen LogP contribution in [0.3, 0.4) is 0 Å². The molecule has 0 aromatic heterocycles. The smallest absolute Gasteiger partial charge is 0.243 e. The number of epoxide rings is 1. The highest BCUT2D eigenvalue weighted by Crippen LogP contribution is 2.46. The number of hydrogen-bond donors (Lipinski definition) is 0. The number of aryl methyl sites for hydroxylation is 1. The Morgan fingerprint density at radius 1 is 1.27 bits per heavy atom. The van der Waals surface area contributed by atoms with Crippen LogP contribution in [0, 0.1) is 6.92 Å². The molecule has 118 valence electrons. The number of rotatable bonds is 3. The van der Waals surface area contributed by atoms with E-state index >= 15 is 0 Å². The highest BCUT2D eigenvalue weighted by Gasteiger charge is 2.57. The number of hydrogen-bond acceptors (Lipinski definition) is 4. The Morgan fingerprint density at radius 3 is 2.68 bits per heavy atom. The number of methoxy groups -OCH3 is 1. The second-order valence-corrected chi connectivity index (χ2v) is 8.03. The minimum Gasteiger partial charge on any atom is -0.379 e. The summed E-state index contributed by atoms with van der Waals surface area (Å²) in [5.74, 6) is 0. The molecule has 4 atom stereocenters. The number of fused-ring (bicyclic) bond motifs is 3. The molecule has 2 heterocycles. The maximum atomic E-state index is 12.9. The summed E-state index contributed by atoms with van der Waals surface area (Å²) in [5, 5.41) is 0. The van der Waals surface area contributed by atoms with Gasteiger partial charge in [0.05, 0.1) is 17.0 Å². The van der Waals surface area contributed by atoms with Gasteiger partial charge < -0.3 is 9.47 Å². The van der Waals surface area contributed by atoms with Gasteiger partial charge in [0, 0.05) is 13.7 Å². The van der Waals surface area contributed by atoms with Crippen molar-refractivity contribution in [2.75, 3.05) is 13.7 Å². The Hall–Kier alpha value is -1.21. The Labute approximate surface area is 130 Å². The van der Waals surface area contributed by atoms with Gasteiger partial charge in [-0.3, -0.25) is 0 Å². The molecule has 22 heavy (non-hydrogen) atoms. The lowest BCUT2D eigenvalue weighted by atomic mass is 9.89. The largest absolute Gasteiger partial charge is 0.379 e. The lowest BCUT2D eigenvalue weighted by molar-refractivity contribution is 0.0581. The van der Waals surface area contributed by atoms with Crippen molar-refractivity contribution < 1.29 is 17.9 Å². The molecule has 1 saturated heterocycles. The van der Waals surface area contributed by atoms with Crippen molar-refractivity contribution in [3.63, 3.8) is 0 Å². The molecule has 6 heteroatoms. The van der Waals surface area contributed by atoms with E-state index in [1.807, 2.05) is 25.1 Å². The first kappa shape index (κ1) is 14.4. The minimum absolute atomic E-state index is 0.0269. The third-order valence-corrected chi connectivity index (χ3v) is 6.73. The Balaban J connectivity index is 1.65. The van der Waals surface area contributed by atoms with E-state index in [1.54, 1.807) is 23.5 Å². The summed E-state index contributed by atoms with van der Waals surface area (Å²) < 4.78 is 38.6. The van der Waals surface area contributed by atoms with Crippen molar-refractivity contribution >= 4 is 10.0 Å². The Bertz CT molecular complexity index is 725. The van der Waals surface area contributed by atoms with Crippen LogP contribution in [0.25, 0.3) is 0 Å². The standard InChI is InChI=1S/C16H19NO4S/c1-10-3-5-11(6-4-10)22(18,19)17-8-7-12-13(17)9-14(20-2)16-15(12)21-16/h3-7,13-16H,8-9H2,1-2H3/t13-,14-,15+,16-/m1/s1. The average Bonchev–Trinajstić information content (AvgIpc) is 3.19. The number of nitrogens with zero attached hydrogens (tertiary/aromatic N) is 1. The first-order chi connectivity index (χ1) is 10.5. The van der Waals surface area contributed by atoms with Crippen LogP contribution in [0.2, 0.25) is 0 Å². The van der Waals surface area contributed by atoms with Gasteiger partial charge in [0.25, 0.3) is 0 Å². The van der Waals surface area contributed by atoms with Crippen molar-refractivity contribution in [1.82, 2.24) is 4.31 Å². The molecule has 3 aliphatic rings. The molecule has 1 aromatic rings. The van der Waals surface area contributed by atoms with E-state index in [2.05, 4.69) is 0 Å². The lowest BCUT2D eigenvalue weighted by Crippen LogP contribution is -2.44. The van der Waals surface area contributed by atoms with E-state index < -0.39 is 10.0 Å². The second kappa shape index (κ2) is 4.89. The monoisotopic (exact) mass is 321 g/mol. The van der Waals surface area contributed by atoms with Crippen molar-refractivity contribution in [3.8, 4) is 0 Å². The maximum Gasteiger partial charge on any atom is 0.243 e. The van der Waals surface area contributed by atoms with Crippen LogP contribution in [0.4, 0.5) is 0 Å². The van der Waals surface area contributed by atoms with Crippen LogP contribution in [-0.4, -0.2) is 50.7 Å². The van der Waals surface area contributed by atoms with Crippen LogP contribution in [0.1, 0.15) is 12.0 Å². The molecule has 0 spiro atoms. The fourth-order valence-corrected chi connectivity index (χ4v) is 5.12. The summed E-state index contributed by atoms with van der Waals surface area (Å²) in [5.41, 5.74) is 2.15. The first-order valence-corrected chi connectivity index (χ1v) is 8.93. The summed E-state index contributed by atoms with van der Waals surface area (Å²) in [6, 6.07) is 6.87. The molecule has 1 aromatic carbocycles. The zero-order valence-corrected chi connectivity index (χ0v) is 13.4.